The minimum atomic E-state index is -0.994. The third-order valence-corrected chi connectivity index (χ3v) is 3.83. The van der Waals surface area contributed by atoms with E-state index in [1.54, 1.807) is 30.3 Å². The molecule has 6 nitrogen and oxygen atoms in total. The highest BCUT2D eigenvalue weighted by Crippen LogP contribution is 2.29. The number of rotatable bonds is 5. The van der Waals surface area contributed by atoms with Gasteiger partial charge in [0.15, 0.2) is 0 Å². The van der Waals surface area contributed by atoms with Crippen molar-refractivity contribution in [1.29, 1.82) is 0 Å². The molecule has 1 aliphatic rings. The van der Waals surface area contributed by atoms with E-state index in [2.05, 4.69) is 21.7 Å². The quantitative estimate of drug-likeness (QED) is 0.468. The number of hydrogen-bond donors (Lipinski definition) is 0. The molecule has 1 fully saturated rings. The zero-order valence-electron chi connectivity index (χ0n) is 12.5. The summed E-state index contributed by atoms with van der Waals surface area (Å²) in [7, 11) is 0. The third kappa shape index (κ3) is 4.73. The molecule has 0 aromatic heterocycles. The minimum absolute atomic E-state index is 0.167. The van der Waals surface area contributed by atoms with Crippen molar-refractivity contribution in [3.05, 3.63) is 35.9 Å². The van der Waals surface area contributed by atoms with Crippen molar-refractivity contribution in [1.82, 2.24) is 0 Å². The SMILES string of the molecule is CCC1CCCCC1OC(=O)OOOC(=O)c1ccccc1. The van der Waals surface area contributed by atoms with Crippen LogP contribution in [0.1, 0.15) is 49.4 Å². The highest BCUT2D eigenvalue weighted by Gasteiger charge is 2.28. The Hall–Kier alpha value is -2.08. The summed E-state index contributed by atoms with van der Waals surface area (Å²) >= 11 is 0. The Bertz CT molecular complexity index is 487. The van der Waals surface area contributed by atoms with Crippen LogP contribution in [0.3, 0.4) is 0 Å². The van der Waals surface area contributed by atoms with Crippen molar-refractivity contribution >= 4 is 12.1 Å². The highest BCUT2D eigenvalue weighted by atomic mass is 17.5. The number of benzene rings is 1. The largest absolute Gasteiger partial charge is 0.543 e. The Morgan fingerprint density at radius 3 is 2.55 bits per heavy atom. The number of hydrogen-bond acceptors (Lipinski definition) is 6. The summed E-state index contributed by atoms with van der Waals surface area (Å²) in [4.78, 5) is 31.8. The second-order valence-electron chi connectivity index (χ2n) is 5.25. The molecule has 0 radical (unpaired) electrons. The van der Waals surface area contributed by atoms with E-state index < -0.39 is 12.1 Å². The lowest BCUT2D eigenvalue weighted by Gasteiger charge is -2.29. The lowest BCUT2D eigenvalue weighted by atomic mass is 9.85. The molecule has 2 rings (SSSR count). The van der Waals surface area contributed by atoms with E-state index in [1.165, 1.54) is 0 Å². The maximum absolute atomic E-state index is 11.5. The van der Waals surface area contributed by atoms with Crippen LogP contribution in [0.5, 0.6) is 0 Å². The molecule has 2 atom stereocenters. The second kappa shape index (κ2) is 8.38. The van der Waals surface area contributed by atoms with E-state index in [9.17, 15) is 9.59 Å². The van der Waals surface area contributed by atoms with Crippen molar-refractivity contribution in [2.45, 2.75) is 45.1 Å². The Labute approximate surface area is 129 Å². The maximum atomic E-state index is 11.5. The van der Waals surface area contributed by atoms with Crippen LogP contribution in [0.15, 0.2) is 30.3 Å². The van der Waals surface area contributed by atoms with Gasteiger partial charge in [-0.25, -0.2) is 14.5 Å². The van der Waals surface area contributed by atoms with Crippen molar-refractivity contribution in [3.8, 4) is 0 Å². The fourth-order valence-electron chi connectivity index (χ4n) is 2.64. The Kier molecular flexibility index (Phi) is 6.21. The van der Waals surface area contributed by atoms with Gasteiger partial charge in [0.2, 0.25) is 0 Å². The van der Waals surface area contributed by atoms with E-state index in [-0.39, 0.29) is 11.7 Å². The van der Waals surface area contributed by atoms with E-state index >= 15 is 0 Å². The summed E-state index contributed by atoms with van der Waals surface area (Å²) in [5.74, 6) is -0.411. The van der Waals surface area contributed by atoms with E-state index in [1.807, 2.05) is 0 Å². The zero-order chi connectivity index (χ0) is 15.8. The topological polar surface area (TPSA) is 71.1 Å². The van der Waals surface area contributed by atoms with E-state index in [4.69, 9.17) is 4.74 Å². The maximum Gasteiger partial charge on any atom is 0.543 e. The van der Waals surface area contributed by atoms with E-state index in [0.29, 0.717) is 5.92 Å². The van der Waals surface area contributed by atoms with Gasteiger partial charge in [-0.1, -0.05) is 31.5 Å². The van der Waals surface area contributed by atoms with Crippen LogP contribution in [0, 0.1) is 5.92 Å². The summed E-state index contributed by atoms with van der Waals surface area (Å²) in [6.45, 7) is 2.07. The predicted octanol–water partition coefficient (Wildman–Crippen LogP) is 3.81. The first kappa shape index (κ1) is 16.3. The molecule has 0 aliphatic heterocycles. The van der Waals surface area contributed by atoms with Gasteiger partial charge >= 0.3 is 12.1 Å². The standard InChI is InChI=1S/C16H20O6/c1-2-12-8-6-7-11-14(12)19-16(18)21-22-20-15(17)13-9-4-3-5-10-13/h3-5,9-10,12,14H,2,6-8,11H2,1H3. The molecule has 0 spiro atoms. The molecule has 6 heteroatoms. The molecule has 0 saturated heterocycles. The van der Waals surface area contributed by atoms with Gasteiger partial charge < -0.3 is 4.74 Å². The van der Waals surface area contributed by atoms with Gasteiger partial charge in [0.1, 0.15) is 6.10 Å². The summed E-state index contributed by atoms with van der Waals surface area (Å²) < 4.78 is 5.20. The molecule has 1 saturated carbocycles. The summed E-state index contributed by atoms with van der Waals surface area (Å²) in [5, 5.41) is 4.20. The average molecular weight is 308 g/mol. The lowest BCUT2D eigenvalue weighted by Crippen LogP contribution is -2.30. The molecule has 120 valence electrons. The van der Waals surface area contributed by atoms with Gasteiger partial charge in [0.25, 0.3) is 0 Å². The summed E-state index contributed by atoms with van der Waals surface area (Å²) in [6, 6.07) is 8.23. The minimum Gasteiger partial charge on any atom is -0.429 e. The first-order valence-corrected chi connectivity index (χ1v) is 7.52. The second-order valence-corrected chi connectivity index (χ2v) is 5.25. The van der Waals surface area contributed by atoms with Crippen LogP contribution >= 0.6 is 0 Å². The van der Waals surface area contributed by atoms with E-state index in [0.717, 1.165) is 32.1 Å². The predicted molar refractivity (Wildman–Crippen MR) is 76.5 cm³/mol. The molecule has 0 amide bonds. The van der Waals surface area contributed by atoms with Gasteiger partial charge in [-0.2, -0.15) is 0 Å². The lowest BCUT2D eigenvalue weighted by molar-refractivity contribution is -0.453. The van der Waals surface area contributed by atoms with Crippen molar-refractivity contribution < 1.29 is 29.1 Å². The van der Waals surface area contributed by atoms with Crippen molar-refractivity contribution in [3.63, 3.8) is 0 Å². The number of carbonyl (C=O) groups excluding carboxylic acids is 2. The van der Waals surface area contributed by atoms with Gasteiger partial charge in [0.05, 0.1) is 10.6 Å². The Morgan fingerprint density at radius 1 is 1.09 bits per heavy atom. The molecular formula is C16H20O6. The normalized spacial score (nSPS) is 21.0. The highest BCUT2D eigenvalue weighted by molar-refractivity contribution is 5.88. The summed E-state index contributed by atoms with van der Waals surface area (Å²) in [5.41, 5.74) is 0.290. The number of ether oxygens (including phenoxy) is 1. The molecule has 2 unspecified atom stereocenters. The van der Waals surface area contributed by atoms with Crippen LogP contribution in [0.4, 0.5) is 4.79 Å². The molecule has 0 N–H and O–H groups in total. The molecule has 22 heavy (non-hydrogen) atoms. The van der Waals surface area contributed by atoms with Gasteiger partial charge in [-0.15, -0.1) is 0 Å². The van der Waals surface area contributed by atoms with Crippen LogP contribution in [-0.2, 0) is 19.6 Å². The summed E-state index contributed by atoms with van der Waals surface area (Å²) in [6.07, 6.45) is 3.82. The average Bonchev–Trinajstić information content (AvgIpc) is 2.56. The van der Waals surface area contributed by atoms with Gasteiger partial charge in [-0.3, -0.25) is 4.89 Å². The molecular weight excluding hydrogens is 288 g/mol. The smallest absolute Gasteiger partial charge is 0.429 e. The number of carbonyl (C=O) groups is 2. The molecule has 1 aromatic rings. The van der Waals surface area contributed by atoms with Gasteiger partial charge in [0, 0.05) is 0 Å². The fourth-order valence-corrected chi connectivity index (χ4v) is 2.64. The first-order chi connectivity index (χ1) is 10.7. The van der Waals surface area contributed by atoms with Gasteiger partial charge in [-0.05, 0) is 43.7 Å². The molecule has 1 aromatic carbocycles. The van der Waals surface area contributed by atoms with Crippen LogP contribution < -0.4 is 0 Å². The Balaban J connectivity index is 1.70. The van der Waals surface area contributed by atoms with Crippen LogP contribution in [0.25, 0.3) is 0 Å². The van der Waals surface area contributed by atoms with Crippen molar-refractivity contribution in [2.24, 2.45) is 5.92 Å². The van der Waals surface area contributed by atoms with Crippen LogP contribution in [-0.4, -0.2) is 18.2 Å². The third-order valence-electron chi connectivity index (χ3n) is 3.83. The van der Waals surface area contributed by atoms with Crippen molar-refractivity contribution in [2.75, 3.05) is 0 Å². The molecule has 0 heterocycles. The Morgan fingerprint density at radius 2 is 1.82 bits per heavy atom. The zero-order valence-corrected chi connectivity index (χ0v) is 12.5. The monoisotopic (exact) mass is 308 g/mol. The molecule has 0 bridgehead atoms. The first-order valence-electron chi connectivity index (χ1n) is 7.52. The molecule has 1 aliphatic carbocycles. The van der Waals surface area contributed by atoms with Crippen LogP contribution in [0.2, 0.25) is 0 Å². The fraction of sp³-hybridized carbons (Fsp3) is 0.500.